The van der Waals surface area contributed by atoms with Crippen molar-refractivity contribution in [1.29, 1.82) is 0 Å². The number of phenolic OH excluding ortho intramolecular Hbond substituents is 1. The molecule has 5 N–H and O–H groups in total. The van der Waals surface area contributed by atoms with E-state index in [-0.39, 0.29) is 23.9 Å². The highest BCUT2D eigenvalue weighted by Gasteiger charge is 2.27. The van der Waals surface area contributed by atoms with Crippen LogP contribution in [0.5, 0.6) is 23.0 Å². The minimum Gasteiger partial charge on any atom is -0.508 e. The molecule has 0 unspecified atom stereocenters. The molecule has 0 aliphatic carbocycles. The molecule has 27 heavy (non-hydrogen) atoms. The molecule has 0 aliphatic rings. The quantitative estimate of drug-likeness (QED) is 0.736. The van der Waals surface area contributed by atoms with Crippen LogP contribution < -0.4 is 25.7 Å². The lowest BCUT2D eigenvalue weighted by atomic mass is 9.85. The summed E-state index contributed by atoms with van der Waals surface area (Å²) in [5.74, 6) is 0.935. The molecule has 2 rings (SSSR count). The van der Waals surface area contributed by atoms with Crippen LogP contribution in [-0.4, -0.2) is 17.3 Å². The number of carbonyl (C=O) groups is 2. The minimum atomic E-state index is -0.998. The minimum absolute atomic E-state index is 0.0828. The van der Waals surface area contributed by atoms with E-state index in [1.54, 1.807) is 24.3 Å². The van der Waals surface area contributed by atoms with Gasteiger partial charge in [-0.15, -0.1) is 0 Å². The number of nitrogens with two attached hydrogens (primary N) is 2. The Hall–Kier alpha value is -3.42. The molecule has 2 aromatic carbocycles. The fourth-order valence-electron chi connectivity index (χ4n) is 2.55. The van der Waals surface area contributed by atoms with E-state index in [1.807, 2.05) is 20.8 Å². The molecule has 0 radical (unpaired) electrons. The molecule has 8 heteroatoms. The van der Waals surface area contributed by atoms with E-state index in [4.69, 9.17) is 25.7 Å². The van der Waals surface area contributed by atoms with Crippen molar-refractivity contribution >= 4 is 12.2 Å². The Morgan fingerprint density at radius 1 is 0.963 bits per heavy atom. The second-order valence-corrected chi connectivity index (χ2v) is 6.84. The number of primary amides is 2. The molecule has 144 valence electrons. The smallest absolute Gasteiger partial charge is 0.409 e. The van der Waals surface area contributed by atoms with Crippen molar-refractivity contribution in [2.75, 3.05) is 0 Å². The maximum Gasteiger partial charge on any atom is 0.409 e. The predicted molar refractivity (Wildman–Crippen MR) is 98.0 cm³/mol. The number of amides is 2. The third-order valence-electron chi connectivity index (χ3n) is 3.54. The zero-order chi connectivity index (χ0) is 20.2. The Labute approximate surface area is 156 Å². The van der Waals surface area contributed by atoms with Gasteiger partial charge in [0.1, 0.15) is 29.6 Å². The van der Waals surface area contributed by atoms with Crippen molar-refractivity contribution in [2.24, 2.45) is 11.5 Å². The third-order valence-corrected chi connectivity index (χ3v) is 3.54. The van der Waals surface area contributed by atoms with E-state index in [1.165, 1.54) is 12.1 Å². The number of phenols is 1. The molecular formula is C19H22N2O6. The van der Waals surface area contributed by atoms with Gasteiger partial charge >= 0.3 is 12.2 Å². The molecule has 0 spiro atoms. The van der Waals surface area contributed by atoms with Crippen LogP contribution >= 0.6 is 0 Å². The first-order valence-corrected chi connectivity index (χ1v) is 8.10. The lowest BCUT2D eigenvalue weighted by molar-refractivity contribution is 0.207. The number of hydrogen-bond donors (Lipinski definition) is 3. The van der Waals surface area contributed by atoms with E-state index >= 15 is 0 Å². The molecule has 0 atom stereocenters. The largest absolute Gasteiger partial charge is 0.508 e. The van der Waals surface area contributed by atoms with Crippen LogP contribution in [0.2, 0.25) is 0 Å². The summed E-state index contributed by atoms with van der Waals surface area (Å²) in [7, 11) is 0. The molecule has 0 heterocycles. The van der Waals surface area contributed by atoms with E-state index < -0.39 is 17.6 Å². The Morgan fingerprint density at radius 3 is 1.85 bits per heavy atom. The Kier molecular flexibility index (Phi) is 5.79. The molecule has 0 saturated carbocycles. The van der Waals surface area contributed by atoms with Gasteiger partial charge in [-0.05, 0) is 47.4 Å². The van der Waals surface area contributed by atoms with Crippen molar-refractivity contribution in [3.63, 3.8) is 0 Å². The molecule has 0 bridgehead atoms. The normalized spacial score (nSPS) is 10.9. The number of hydrogen-bond acceptors (Lipinski definition) is 6. The Balaban J connectivity index is 2.43. The van der Waals surface area contributed by atoms with Gasteiger partial charge in [0.05, 0.1) is 0 Å². The lowest BCUT2D eigenvalue weighted by Gasteiger charge is -2.25. The molecule has 8 nitrogen and oxygen atoms in total. The predicted octanol–water partition coefficient (Wildman–Crippen LogP) is 3.18. The SMILES string of the molecule is CC(C)(C)c1c(OC(N)=O)cc(COc2ccc(O)cc2)cc1OC(N)=O. The van der Waals surface area contributed by atoms with Gasteiger partial charge in [-0.3, -0.25) is 0 Å². The standard InChI is InChI=1S/C19H22N2O6/c1-19(2,3)16-14(26-17(20)23)8-11(9-15(16)27-18(21)24)10-25-13-6-4-12(22)5-7-13/h4-9,22H,10H2,1-3H3,(H2,20,23)(H2,21,24). The van der Waals surface area contributed by atoms with Gasteiger partial charge in [0.25, 0.3) is 0 Å². The van der Waals surface area contributed by atoms with E-state index in [9.17, 15) is 14.7 Å². The summed E-state index contributed by atoms with van der Waals surface area (Å²) < 4.78 is 15.9. The lowest BCUT2D eigenvalue weighted by Crippen LogP contribution is -2.24. The van der Waals surface area contributed by atoms with Crippen molar-refractivity contribution in [2.45, 2.75) is 32.8 Å². The highest BCUT2D eigenvalue weighted by Crippen LogP contribution is 2.40. The average Bonchev–Trinajstić information content (AvgIpc) is 2.51. The first-order valence-electron chi connectivity index (χ1n) is 8.10. The summed E-state index contributed by atoms with van der Waals surface area (Å²) in [5.41, 5.74) is 10.8. The summed E-state index contributed by atoms with van der Waals surface area (Å²) in [6.45, 7) is 5.66. The maximum atomic E-state index is 11.3. The van der Waals surface area contributed by atoms with E-state index in [2.05, 4.69) is 0 Å². The second-order valence-electron chi connectivity index (χ2n) is 6.84. The summed E-state index contributed by atoms with van der Waals surface area (Å²) in [5, 5.41) is 9.31. The summed E-state index contributed by atoms with van der Waals surface area (Å²) in [4.78, 5) is 22.6. The number of carbonyl (C=O) groups excluding carboxylic acids is 2. The summed E-state index contributed by atoms with van der Waals surface area (Å²) >= 11 is 0. The van der Waals surface area contributed by atoms with Gasteiger partial charge in [-0.25, -0.2) is 9.59 Å². The zero-order valence-corrected chi connectivity index (χ0v) is 15.3. The van der Waals surface area contributed by atoms with Crippen LogP contribution in [-0.2, 0) is 12.0 Å². The second kappa shape index (κ2) is 7.86. The van der Waals surface area contributed by atoms with Gasteiger partial charge in [0, 0.05) is 5.56 Å². The number of rotatable bonds is 5. The highest BCUT2D eigenvalue weighted by molar-refractivity contribution is 5.72. The fourth-order valence-corrected chi connectivity index (χ4v) is 2.55. The Bertz CT molecular complexity index is 803. The van der Waals surface area contributed by atoms with Gasteiger partial charge in [-0.2, -0.15) is 0 Å². The first-order chi connectivity index (χ1) is 12.6. The van der Waals surface area contributed by atoms with Crippen LogP contribution in [0.15, 0.2) is 36.4 Å². The Morgan fingerprint density at radius 2 is 1.44 bits per heavy atom. The average molecular weight is 374 g/mol. The fraction of sp³-hybridized carbons (Fsp3) is 0.263. The number of benzene rings is 2. The third kappa shape index (κ3) is 5.53. The monoisotopic (exact) mass is 374 g/mol. The molecule has 2 amide bonds. The highest BCUT2D eigenvalue weighted by atomic mass is 16.6. The van der Waals surface area contributed by atoms with Crippen LogP contribution in [0.25, 0.3) is 0 Å². The van der Waals surface area contributed by atoms with Crippen molar-refractivity contribution in [1.82, 2.24) is 0 Å². The van der Waals surface area contributed by atoms with Crippen LogP contribution in [0.3, 0.4) is 0 Å². The number of aromatic hydroxyl groups is 1. The van der Waals surface area contributed by atoms with Gasteiger partial charge in [-0.1, -0.05) is 20.8 Å². The molecule has 0 aromatic heterocycles. The van der Waals surface area contributed by atoms with Gasteiger partial charge < -0.3 is 30.8 Å². The molecule has 0 aliphatic heterocycles. The summed E-state index contributed by atoms with van der Waals surface area (Å²) in [6.07, 6.45) is -2.00. The van der Waals surface area contributed by atoms with Crippen molar-refractivity contribution in [3.8, 4) is 23.0 Å². The van der Waals surface area contributed by atoms with Gasteiger partial charge in [0.2, 0.25) is 0 Å². The molecule has 2 aromatic rings. The topological polar surface area (TPSA) is 134 Å². The first kappa shape index (κ1) is 19.9. The van der Waals surface area contributed by atoms with Crippen LogP contribution in [0.4, 0.5) is 9.59 Å². The summed E-state index contributed by atoms with van der Waals surface area (Å²) in [6, 6.07) is 9.34. The zero-order valence-electron chi connectivity index (χ0n) is 15.3. The van der Waals surface area contributed by atoms with Crippen LogP contribution in [0.1, 0.15) is 31.9 Å². The van der Waals surface area contributed by atoms with E-state index in [0.717, 1.165) is 0 Å². The molecule has 0 saturated heterocycles. The van der Waals surface area contributed by atoms with Gasteiger partial charge in [0.15, 0.2) is 0 Å². The van der Waals surface area contributed by atoms with Crippen molar-refractivity contribution in [3.05, 3.63) is 47.5 Å². The molecular weight excluding hydrogens is 352 g/mol. The van der Waals surface area contributed by atoms with Crippen LogP contribution in [0, 0.1) is 0 Å². The number of ether oxygens (including phenoxy) is 3. The molecule has 0 fully saturated rings. The maximum absolute atomic E-state index is 11.3. The van der Waals surface area contributed by atoms with Crippen molar-refractivity contribution < 1.29 is 28.9 Å². The van der Waals surface area contributed by atoms with E-state index in [0.29, 0.717) is 16.9 Å².